The molecule has 2 aliphatic rings. The quantitative estimate of drug-likeness (QED) is 0.511. The van der Waals surface area contributed by atoms with E-state index in [0.29, 0.717) is 62.5 Å². The fourth-order valence-electron chi connectivity index (χ4n) is 5.53. The van der Waals surface area contributed by atoms with Gasteiger partial charge >= 0.3 is 0 Å². The summed E-state index contributed by atoms with van der Waals surface area (Å²) in [5.74, 6) is 0.256. The van der Waals surface area contributed by atoms with Crippen LogP contribution in [0, 0.1) is 5.92 Å². The van der Waals surface area contributed by atoms with Crippen molar-refractivity contribution in [1.29, 1.82) is 0 Å². The van der Waals surface area contributed by atoms with Crippen molar-refractivity contribution in [2.45, 2.75) is 71.4 Å². The Morgan fingerprint density at radius 1 is 1.10 bits per heavy atom. The molecular weight excluding hydrogens is 506 g/mol. The Morgan fingerprint density at radius 2 is 1.90 bits per heavy atom. The van der Waals surface area contributed by atoms with Gasteiger partial charge in [0.2, 0.25) is 5.91 Å². The van der Waals surface area contributed by atoms with Gasteiger partial charge < -0.3 is 20.1 Å². The molecule has 0 spiro atoms. The normalized spacial score (nSPS) is 18.6. The Hall–Kier alpha value is -3.95. The summed E-state index contributed by atoms with van der Waals surface area (Å²) in [5, 5.41) is 10.9. The number of rotatable bonds is 5. The van der Waals surface area contributed by atoms with E-state index in [2.05, 4.69) is 29.5 Å². The average molecular weight is 546 g/mol. The second-order valence-electron chi connectivity index (χ2n) is 11.2. The molecule has 0 fully saturated rings. The molecule has 212 valence electrons. The molecule has 1 aliphatic carbocycles. The van der Waals surface area contributed by atoms with Crippen molar-refractivity contribution in [1.82, 2.24) is 34.9 Å². The van der Waals surface area contributed by atoms with E-state index in [1.54, 1.807) is 17.4 Å². The van der Waals surface area contributed by atoms with Crippen LogP contribution in [0.2, 0.25) is 0 Å². The molecule has 0 saturated heterocycles. The Kier molecular flexibility index (Phi) is 8.62. The number of carbonyl (C=O) groups excluding carboxylic acids is 3. The van der Waals surface area contributed by atoms with Crippen LogP contribution >= 0.6 is 0 Å². The fourth-order valence-corrected chi connectivity index (χ4v) is 5.53. The molecule has 3 heterocycles. The number of imidazole rings is 1. The maximum Gasteiger partial charge on any atom is 0.272 e. The zero-order valence-electron chi connectivity index (χ0n) is 23.4. The second kappa shape index (κ2) is 12.5. The standard InChI is InChI=1S/C30H39N7O3/c1-21(2)12-17-37-26-11-8-23-19-25(26)28(34-37)29(39)32-13-4-16-35(15-3-5-27(38)33-23)30(40)22-6-9-24(10-7-22)36-18-14-31-20-36/h6-7,9-10,14,18,20-21,23H,3-5,8,11-13,15-17,19H2,1-2H3,(H,32,39)(H,33,38). The number of nitrogens with one attached hydrogen (secondary N) is 2. The van der Waals surface area contributed by atoms with Crippen LogP contribution in [0.3, 0.4) is 0 Å². The van der Waals surface area contributed by atoms with Gasteiger partial charge in [0.05, 0.1) is 6.33 Å². The maximum atomic E-state index is 13.4. The molecule has 2 N–H and O–H groups in total. The molecule has 3 amide bonds. The molecular formula is C30H39N7O3. The van der Waals surface area contributed by atoms with E-state index < -0.39 is 0 Å². The van der Waals surface area contributed by atoms with Crippen LogP contribution in [0.5, 0.6) is 0 Å². The van der Waals surface area contributed by atoms with Gasteiger partial charge in [0, 0.05) is 73.5 Å². The van der Waals surface area contributed by atoms with Gasteiger partial charge in [0.1, 0.15) is 0 Å². The molecule has 0 saturated carbocycles. The number of benzene rings is 1. The molecule has 10 heteroatoms. The number of carbonyl (C=O) groups is 3. The minimum atomic E-state index is -0.186. The minimum Gasteiger partial charge on any atom is -0.353 e. The fraction of sp³-hybridized carbons (Fsp3) is 0.500. The molecule has 1 aliphatic heterocycles. The van der Waals surface area contributed by atoms with E-state index in [1.807, 2.05) is 39.7 Å². The van der Waals surface area contributed by atoms with Crippen LogP contribution in [0.15, 0.2) is 43.0 Å². The van der Waals surface area contributed by atoms with E-state index >= 15 is 0 Å². The topological polar surface area (TPSA) is 114 Å². The van der Waals surface area contributed by atoms with E-state index in [0.717, 1.165) is 42.8 Å². The van der Waals surface area contributed by atoms with Gasteiger partial charge in [-0.3, -0.25) is 19.1 Å². The van der Waals surface area contributed by atoms with Crippen LogP contribution in [0.4, 0.5) is 0 Å². The summed E-state index contributed by atoms with van der Waals surface area (Å²) in [6.45, 7) is 6.54. The Morgan fingerprint density at radius 3 is 2.65 bits per heavy atom. The molecule has 2 bridgehead atoms. The molecule has 10 nitrogen and oxygen atoms in total. The van der Waals surface area contributed by atoms with Gasteiger partial charge in [-0.25, -0.2) is 4.98 Å². The highest BCUT2D eigenvalue weighted by Gasteiger charge is 2.30. The number of hydrogen-bond donors (Lipinski definition) is 2. The molecule has 3 aromatic rings. The predicted octanol–water partition coefficient (Wildman–Crippen LogP) is 3.14. The summed E-state index contributed by atoms with van der Waals surface area (Å²) in [5.41, 5.74) is 4.07. The van der Waals surface area contributed by atoms with Crippen LogP contribution in [0.1, 0.15) is 78.1 Å². The number of fused-ring (bicyclic) bond motifs is 1. The molecule has 2 aromatic heterocycles. The summed E-state index contributed by atoms with van der Waals surface area (Å²) in [6, 6.07) is 7.40. The third-order valence-corrected chi connectivity index (χ3v) is 7.77. The highest BCUT2D eigenvalue weighted by atomic mass is 16.2. The summed E-state index contributed by atoms with van der Waals surface area (Å²) < 4.78 is 3.88. The van der Waals surface area contributed by atoms with E-state index in [1.165, 1.54) is 0 Å². The third kappa shape index (κ3) is 6.43. The zero-order chi connectivity index (χ0) is 28.1. The first-order valence-electron chi connectivity index (χ1n) is 14.4. The van der Waals surface area contributed by atoms with Crippen molar-refractivity contribution in [2.75, 3.05) is 19.6 Å². The summed E-state index contributed by atoms with van der Waals surface area (Å²) in [7, 11) is 0. The largest absolute Gasteiger partial charge is 0.353 e. The molecule has 0 radical (unpaired) electrons. The zero-order valence-corrected chi connectivity index (χ0v) is 23.4. The smallest absolute Gasteiger partial charge is 0.272 e. The first-order chi connectivity index (χ1) is 19.4. The van der Waals surface area contributed by atoms with Crippen molar-refractivity contribution in [3.05, 3.63) is 65.5 Å². The summed E-state index contributed by atoms with van der Waals surface area (Å²) in [4.78, 5) is 45.4. The van der Waals surface area contributed by atoms with Crippen molar-refractivity contribution >= 4 is 17.7 Å². The first kappa shape index (κ1) is 27.6. The molecule has 5 rings (SSSR count). The third-order valence-electron chi connectivity index (χ3n) is 7.77. The van der Waals surface area contributed by atoms with Gasteiger partial charge in [-0.2, -0.15) is 5.10 Å². The van der Waals surface area contributed by atoms with E-state index in [-0.39, 0.29) is 23.8 Å². The summed E-state index contributed by atoms with van der Waals surface area (Å²) >= 11 is 0. The van der Waals surface area contributed by atoms with Crippen LogP contribution in [0.25, 0.3) is 5.69 Å². The highest BCUT2D eigenvalue weighted by molar-refractivity contribution is 5.95. The van der Waals surface area contributed by atoms with Crippen molar-refractivity contribution in [3.63, 3.8) is 0 Å². The van der Waals surface area contributed by atoms with Gasteiger partial charge in [-0.05, 0) is 68.7 Å². The maximum absolute atomic E-state index is 13.4. The van der Waals surface area contributed by atoms with E-state index in [9.17, 15) is 14.4 Å². The number of nitrogens with zero attached hydrogens (tertiary/aromatic N) is 5. The lowest BCUT2D eigenvalue weighted by molar-refractivity contribution is -0.122. The van der Waals surface area contributed by atoms with Crippen LogP contribution in [-0.4, -0.2) is 67.6 Å². The van der Waals surface area contributed by atoms with Gasteiger partial charge in [-0.1, -0.05) is 13.8 Å². The SMILES string of the molecule is CC(C)CCn1nc2c3c1CCC(C3)NC(=O)CCCN(C(=O)c1ccc(-n3ccnc3)cc1)CCCNC2=O. The van der Waals surface area contributed by atoms with Gasteiger partial charge in [0.25, 0.3) is 11.8 Å². The first-order valence-corrected chi connectivity index (χ1v) is 14.4. The van der Waals surface area contributed by atoms with Gasteiger partial charge in [0.15, 0.2) is 5.69 Å². The van der Waals surface area contributed by atoms with Gasteiger partial charge in [-0.15, -0.1) is 0 Å². The highest BCUT2D eigenvalue weighted by Crippen LogP contribution is 2.26. The minimum absolute atomic E-state index is 0.0152. The number of aromatic nitrogens is 4. The lowest BCUT2D eigenvalue weighted by atomic mass is 9.91. The molecule has 1 atom stereocenters. The number of hydrogen-bond acceptors (Lipinski definition) is 5. The lowest BCUT2D eigenvalue weighted by Gasteiger charge is -2.25. The second-order valence-corrected chi connectivity index (χ2v) is 11.2. The molecule has 40 heavy (non-hydrogen) atoms. The number of aryl methyl sites for hydroxylation is 1. The lowest BCUT2D eigenvalue weighted by Crippen LogP contribution is -2.40. The van der Waals surface area contributed by atoms with E-state index in [4.69, 9.17) is 5.10 Å². The average Bonchev–Trinajstić information content (AvgIpc) is 3.61. The van der Waals surface area contributed by atoms with Crippen molar-refractivity contribution in [3.8, 4) is 5.69 Å². The van der Waals surface area contributed by atoms with Crippen molar-refractivity contribution in [2.24, 2.45) is 5.92 Å². The molecule has 1 aromatic carbocycles. The van der Waals surface area contributed by atoms with Crippen molar-refractivity contribution < 1.29 is 14.4 Å². The number of amides is 3. The summed E-state index contributed by atoms with van der Waals surface area (Å²) in [6.07, 6.45) is 10.0. The predicted molar refractivity (Wildman–Crippen MR) is 151 cm³/mol. The Balaban J connectivity index is 1.30. The Bertz CT molecular complexity index is 1330. The monoisotopic (exact) mass is 545 g/mol. The molecule has 1 unspecified atom stereocenters. The Labute approximate surface area is 235 Å². The van der Waals surface area contributed by atoms with Crippen LogP contribution in [-0.2, 0) is 24.2 Å². The van der Waals surface area contributed by atoms with Crippen LogP contribution < -0.4 is 10.6 Å².